The van der Waals surface area contributed by atoms with Gasteiger partial charge < -0.3 is 10.5 Å². The number of hydrogen-bond acceptors (Lipinski definition) is 2. The van der Waals surface area contributed by atoms with Gasteiger partial charge in [-0.1, -0.05) is 11.6 Å². The SMILES string of the molecule is Cc1c(Cl)cc(N)cc1OC(F)(F)F. The number of nitrogen functional groups attached to an aromatic ring is 1. The first-order valence-corrected chi connectivity index (χ1v) is 3.99. The summed E-state index contributed by atoms with van der Waals surface area (Å²) in [5, 5.41) is 0.143. The summed E-state index contributed by atoms with van der Waals surface area (Å²) >= 11 is 5.62. The Morgan fingerprint density at radius 1 is 1.36 bits per heavy atom. The normalized spacial score (nSPS) is 11.5. The summed E-state index contributed by atoms with van der Waals surface area (Å²) in [5.41, 5.74) is 5.65. The minimum atomic E-state index is -4.73. The molecule has 0 atom stereocenters. The number of benzene rings is 1. The van der Waals surface area contributed by atoms with Crippen LogP contribution in [0.15, 0.2) is 12.1 Å². The summed E-state index contributed by atoms with van der Waals surface area (Å²) in [5.74, 6) is -0.373. The highest BCUT2D eigenvalue weighted by atomic mass is 35.5. The van der Waals surface area contributed by atoms with Crippen LogP contribution in [0.25, 0.3) is 0 Å². The molecular weight excluding hydrogens is 219 g/mol. The lowest BCUT2D eigenvalue weighted by Gasteiger charge is -2.12. The molecule has 14 heavy (non-hydrogen) atoms. The molecule has 0 unspecified atom stereocenters. The van der Waals surface area contributed by atoms with Crippen molar-refractivity contribution in [3.8, 4) is 5.75 Å². The zero-order chi connectivity index (χ0) is 10.9. The number of halogens is 4. The molecule has 0 bridgehead atoms. The number of anilines is 1. The van der Waals surface area contributed by atoms with Crippen LogP contribution in [0.5, 0.6) is 5.75 Å². The number of rotatable bonds is 1. The summed E-state index contributed by atoms with van der Waals surface area (Å²) < 4.78 is 39.4. The average Bonchev–Trinajstić information content (AvgIpc) is 1.96. The predicted molar refractivity (Wildman–Crippen MR) is 47.3 cm³/mol. The second-order valence-electron chi connectivity index (χ2n) is 2.67. The van der Waals surface area contributed by atoms with Gasteiger partial charge in [0.25, 0.3) is 0 Å². The molecule has 0 radical (unpaired) electrons. The van der Waals surface area contributed by atoms with E-state index in [9.17, 15) is 13.2 Å². The van der Waals surface area contributed by atoms with E-state index in [4.69, 9.17) is 17.3 Å². The van der Waals surface area contributed by atoms with Gasteiger partial charge in [-0.25, -0.2) is 0 Å². The zero-order valence-electron chi connectivity index (χ0n) is 7.15. The average molecular weight is 226 g/mol. The van der Waals surface area contributed by atoms with E-state index in [0.29, 0.717) is 0 Å². The second kappa shape index (κ2) is 3.57. The summed E-state index contributed by atoms with van der Waals surface area (Å²) in [6.07, 6.45) is -4.73. The molecule has 0 spiro atoms. The highest BCUT2D eigenvalue weighted by molar-refractivity contribution is 6.31. The van der Waals surface area contributed by atoms with Gasteiger partial charge in [0.2, 0.25) is 0 Å². The minimum absolute atomic E-state index is 0.125. The van der Waals surface area contributed by atoms with E-state index in [2.05, 4.69) is 4.74 Å². The third-order valence-electron chi connectivity index (χ3n) is 1.54. The highest BCUT2D eigenvalue weighted by Crippen LogP contribution is 2.32. The highest BCUT2D eigenvalue weighted by Gasteiger charge is 2.32. The van der Waals surface area contributed by atoms with E-state index >= 15 is 0 Å². The van der Waals surface area contributed by atoms with Crippen LogP contribution in [0.1, 0.15) is 5.56 Å². The molecular formula is C8H7ClF3NO. The summed E-state index contributed by atoms with van der Waals surface area (Å²) in [7, 11) is 0. The maximum absolute atomic E-state index is 11.9. The molecule has 0 saturated carbocycles. The summed E-state index contributed by atoms with van der Waals surface area (Å²) in [4.78, 5) is 0. The molecule has 1 rings (SSSR count). The molecule has 0 aromatic heterocycles. The van der Waals surface area contributed by atoms with E-state index in [-0.39, 0.29) is 22.0 Å². The monoisotopic (exact) mass is 225 g/mol. The van der Waals surface area contributed by atoms with Gasteiger partial charge in [-0.15, -0.1) is 13.2 Å². The van der Waals surface area contributed by atoms with Crippen LogP contribution in [0.3, 0.4) is 0 Å². The van der Waals surface area contributed by atoms with Gasteiger partial charge in [0.15, 0.2) is 0 Å². The van der Waals surface area contributed by atoms with E-state index in [1.54, 1.807) is 0 Å². The minimum Gasteiger partial charge on any atom is -0.405 e. The van der Waals surface area contributed by atoms with Crippen molar-refractivity contribution in [3.63, 3.8) is 0 Å². The van der Waals surface area contributed by atoms with Crippen molar-refractivity contribution >= 4 is 17.3 Å². The van der Waals surface area contributed by atoms with Crippen molar-refractivity contribution < 1.29 is 17.9 Å². The van der Waals surface area contributed by atoms with E-state index < -0.39 is 6.36 Å². The number of alkyl halides is 3. The topological polar surface area (TPSA) is 35.2 Å². The van der Waals surface area contributed by atoms with Crippen LogP contribution in [-0.2, 0) is 0 Å². The quantitative estimate of drug-likeness (QED) is 0.746. The van der Waals surface area contributed by atoms with Crippen LogP contribution in [0.2, 0.25) is 5.02 Å². The summed E-state index contributed by atoms with van der Waals surface area (Å²) in [6.45, 7) is 1.42. The molecule has 0 heterocycles. The lowest BCUT2D eigenvalue weighted by atomic mass is 10.2. The van der Waals surface area contributed by atoms with Gasteiger partial charge in [0.1, 0.15) is 5.75 Å². The molecule has 0 saturated heterocycles. The van der Waals surface area contributed by atoms with Crippen molar-refractivity contribution in [1.82, 2.24) is 0 Å². The molecule has 0 aliphatic heterocycles. The van der Waals surface area contributed by atoms with Crippen LogP contribution in [-0.4, -0.2) is 6.36 Å². The van der Waals surface area contributed by atoms with E-state index in [0.717, 1.165) is 6.07 Å². The fourth-order valence-corrected chi connectivity index (χ4v) is 1.12. The largest absolute Gasteiger partial charge is 0.573 e. The van der Waals surface area contributed by atoms with Gasteiger partial charge in [-0.05, 0) is 13.0 Å². The molecule has 0 fully saturated rings. The molecule has 2 N–H and O–H groups in total. The Morgan fingerprint density at radius 3 is 2.43 bits per heavy atom. The van der Waals surface area contributed by atoms with Gasteiger partial charge >= 0.3 is 6.36 Å². The molecule has 6 heteroatoms. The molecule has 0 aliphatic carbocycles. The van der Waals surface area contributed by atoms with Gasteiger partial charge in [-0.3, -0.25) is 0 Å². The van der Waals surface area contributed by atoms with Crippen LogP contribution in [0.4, 0.5) is 18.9 Å². The Kier molecular flexibility index (Phi) is 2.80. The lowest BCUT2D eigenvalue weighted by molar-refractivity contribution is -0.274. The first-order chi connectivity index (χ1) is 6.29. The van der Waals surface area contributed by atoms with Crippen molar-refractivity contribution in [2.45, 2.75) is 13.3 Å². The van der Waals surface area contributed by atoms with Crippen molar-refractivity contribution in [2.24, 2.45) is 0 Å². The molecule has 0 amide bonds. The second-order valence-corrected chi connectivity index (χ2v) is 3.08. The Labute approximate surface area is 83.4 Å². The smallest absolute Gasteiger partial charge is 0.405 e. The molecule has 1 aromatic rings. The number of ether oxygens (including phenoxy) is 1. The van der Waals surface area contributed by atoms with Crippen molar-refractivity contribution in [2.75, 3.05) is 5.73 Å². The first kappa shape index (κ1) is 11.0. The van der Waals surface area contributed by atoms with Gasteiger partial charge in [-0.2, -0.15) is 0 Å². The molecule has 1 aromatic carbocycles. The Bertz CT molecular complexity index is 351. The first-order valence-electron chi connectivity index (χ1n) is 3.61. The fraction of sp³-hybridized carbons (Fsp3) is 0.250. The maximum atomic E-state index is 11.9. The Balaban J connectivity index is 3.09. The Morgan fingerprint density at radius 2 is 1.93 bits per heavy atom. The number of hydrogen-bond donors (Lipinski definition) is 1. The third kappa shape index (κ3) is 2.70. The Hall–Kier alpha value is -1.10. The van der Waals surface area contributed by atoms with Crippen LogP contribution in [0, 0.1) is 6.92 Å². The molecule has 2 nitrogen and oxygen atoms in total. The molecule has 0 aliphatic rings. The fourth-order valence-electron chi connectivity index (χ4n) is 0.904. The predicted octanol–water partition coefficient (Wildman–Crippen LogP) is 3.13. The maximum Gasteiger partial charge on any atom is 0.573 e. The lowest BCUT2D eigenvalue weighted by Crippen LogP contribution is -2.18. The zero-order valence-corrected chi connectivity index (χ0v) is 7.91. The van der Waals surface area contributed by atoms with Crippen LogP contribution >= 0.6 is 11.6 Å². The number of nitrogens with two attached hydrogens (primary N) is 1. The van der Waals surface area contributed by atoms with Crippen LogP contribution < -0.4 is 10.5 Å². The van der Waals surface area contributed by atoms with Crippen molar-refractivity contribution in [3.05, 3.63) is 22.7 Å². The van der Waals surface area contributed by atoms with Crippen molar-refractivity contribution in [1.29, 1.82) is 0 Å². The standard InChI is InChI=1S/C8H7ClF3NO/c1-4-6(9)2-5(13)3-7(4)14-8(10,11)12/h2-3H,13H2,1H3. The van der Waals surface area contributed by atoms with E-state index in [1.807, 2.05) is 0 Å². The van der Waals surface area contributed by atoms with Gasteiger partial charge in [0, 0.05) is 22.3 Å². The molecule has 78 valence electrons. The summed E-state index contributed by atoms with van der Waals surface area (Å²) in [6, 6.07) is 2.44. The van der Waals surface area contributed by atoms with Gasteiger partial charge in [0.05, 0.1) is 0 Å². The van der Waals surface area contributed by atoms with E-state index in [1.165, 1.54) is 13.0 Å². The third-order valence-corrected chi connectivity index (χ3v) is 1.94.